The van der Waals surface area contributed by atoms with E-state index in [1.807, 2.05) is 74.7 Å². The normalized spacial score (nSPS) is 13.8. The number of nitrogens with one attached hydrogen (secondary N) is 1. The zero-order valence-corrected chi connectivity index (χ0v) is 15.5. The van der Waals surface area contributed by atoms with Crippen molar-refractivity contribution in [3.05, 3.63) is 60.2 Å². The molecule has 1 unspecified atom stereocenters. The molecule has 0 radical (unpaired) electrons. The molecule has 0 aliphatic heterocycles. The average Bonchev–Trinajstić information content (AvgIpc) is 3.04. The first kappa shape index (κ1) is 17.5. The van der Waals surface area contributed by atoms with Crippen LogP contribution >= 0.6 is 11.8 Å². The topological polar surface area (TPSA) is 59.8 Å². The third-order valence-corrected chi connectivity index (χ3v) is 5.27. The van der Waals surface area contributed by atoms with Crippen molar-refractivity contribution < 1.29 is 4.79 Å². The Kier molecular flexibility index (Phi) is 5.08. The number of amides is 1. The van der Waals surface area contributed by atoms with E-state index in [0.29, 0.717) is 6.42 Å². The van der Waals surface area contributed by atoms with E-state index in [-0.39, 0.29) is 11.9 Å². The van der Waals surface area contributed by atoms with E-state index in [1.54, 1.807) is 4.68 Å². The second kappa shape index (κ2) is 7.27. The summed E-state index contributed by atoms with van der Waals surface area (Å²) < 4.78 is 1.76. The minimum absolute atomic E-state index is 0.0459. The standard InChI is InChI=1S/C19H22N4OS/c1-14(2)20-18(24)19(25-3,13-15-9-5-4-6-10-15)23-17-12-8-7-11-16(17)21-22-23/h4-12,14H,13H2,1-3H3,(H,20,24). The van der Waals surface area contributed by atoms with Gasteiger partial charge in [0.05, 0.1) is 5.52 Å². The lowest BCUT2D eigenvalue weighted by atomic mass is 10.0. The first-order chi connectivity index (χ1) is 12.1. The lowest BCUT2D eigenvalue weighted by molar-refractivity contribution is -0.126. The Morgan fingerprint density at radius 1 is 1.16 bits per heavy atom. The monoisotopic (exact) mass is 354 g/mol. The van der Waals surface area contributed by atoms with Gasteiger partial charge in [-0.25, -0.2) is 4.68 Å². The number of aromatic nitrogens is 3. The van der Waals surface area contributed by atoms with Crippen molar-refractivity contribution in [2.45, 2.75) is 31.2 Å². The summed E-state index contributed by atoms with van der Waals surface area (Å²) in [6, 6.07) is 17.8. The van der Waals surface area contributed by atoms with Gasteiger partial charge >= 0.3 is 0 Å². The van der Waals surface area contributed by atoms with Gasteiger partial charge in [-0.15, -0.1) is 16.9 Å². The Balaban J connectivity index is 2.14. The number of fused-ring (bicyclic) bond motifs is 1. The molecule has 25 heavy (non-hydrogen) atoms. The Hall–Kier alpha value is -2.34. The molecule has 6 heteroatoms. The molecular formula is C19H22N4OS. The van der Waals surface area contributed by atoms with Crippen molar-refractivity contribution >= 4 is 28.7 Å². The summed E-state index contributed by atoms with van der Waals surface area (Å²) in [6.07, 6.45) is 2.47. The van der Waals surface area contributed by atoms with Crippen LogP contribution in [0.1, 0.15) is 19.4 Å². The molecule has 2 aromatic carbocycles. The largest absolute Gasteiger partial charge is 0.351 e. The van der Waals surface area contributed by atoms with Crippen LogP contribution in [0.25, 0.3) is 11.0 Å². The van der Waals surface area contributed by atoms with Gasteiger partial charge in [-0.05, 0) is 37.8 Å². The molecule has 1 aromatic heterocycles. The molecule has 0 bridgehead atoms. The zero-order chi connectivity index (χ0) is 17.9. The molecule has 3 rings (SSSR count). The van der Waals surface area contributed by atoms with E-state index < -0.39 is 4.87 Å². The number of carbonyl (C=O) groups is 1. The highest BCUT2D eigenvalue weighted by Gasteiger charge is 2.42. The Morgan fingerprint density at radius 2 is 1.84 bits per heavy atom. The van der Waals surface area contributed by atoms with Crippen LogP contribution in [0.15, 0.2) is 54.6 Å². The number of hydrogen-bond acceptors (Lipinski definition) is 4. The lowest BCUT2D eigenvalue weighted by Crippen LogP contribution is -2.50. The SMILES string of the molecule is CSC(Cc1ccccc1)(C(=O)NC(C)C)n1nnc2ccccc21. The number of hydrogen-bond donors (Lipinski definition) is 1. The maximum absolute atomic E-state index is 13.2. The van der Waals surface area contributed by atoms with E-state index in [0.717, 1.165) is 16.6 Å². The Labute approximate surface area is 151 Å². The molecule has 0 aliphatic carbocycles. The van der Waals surface area contributed by atoms with Crippen LogP contribution in [-0.4, -0.2) is 33.2 Å². The molecule has 1 heterocycles. The van der Waals surface area contributed by atoms with E-state index in [1.165, 1.54) is 11.8 Å². The maximum atomic E-state index is 13.2. The van der Waals surface area contributed by atoms with Crippen molar-refractivity contribution in [3.63, 3.8) is 0 Å². The fourth-order valence-corrected chi connectivity index (χ4v) is 3.75. The second-order valence-corrected chi connectivity index (χ2v) is 7.35. The van der Waals surface area contributed by atoms with Crippen LogP contribution < -0.4 is 5.32 Å². The van der Waals surface area contributed by atoms with Gasteiger partial charge in [0.2, 0.25) is 0 Å². The minimum Gasteiger partial charge on any atom is -0.351 e. The molecule has 0 saturated heterocycles. The second-order valence-electron chi connectivity index (χ2n) is 6.27. The summed E-state index contributed by atoms with van der Waals surface area (Å²) in [6.45, 7) is 3.93. The van der Waals surface area contributed by atoms with E-state index in [9.17, 15) is 4.79 Å². The quantitative estimate of drug-likeness (QED) is 0.738. The van der Waals surface area contributed by atoms with Crippen LogP contribution in [0.4, 0.5) is 0 Å². The Bertz CT molecular complexity index is 862. The van der Waals surface area contributed by atoms with Gasteiger partial charge in [0.1, 0.15) is 5.52 Å². The fourth-order valence-electron chi connectivity index (χ4n) is 2.89. The smallest absolute Gasteiger partial charge is 0.259 e. The molecule has 3 aromatic rings. The minimum atomic E-state index is -0.901. The number of para-hydroxylation sites is 1. The summed E-state index contributed by atoms with van der Waals surface area (Å²) in [5.74, 6) is -0.0606. The molecule has 0 fully saturated rings. The van der Waals surface area contributed by atoms with Crippen LogP contribution in [0.5, 0.6) is 0 Å². The fraction of sp³-hybridized carbons (Fsp3) is 0.316. The van der Waals surface area contributed by atoms with Gasteiger partial charge < -0.3 is 5.32 Å². The maximum Gasteiger partial charge on any atom is 0.259 e. The molecular weight excluding hydrogens is 332 g/mol. The van der Waals surface area contributed by atoms with Gasteiger partial charge in [0.15, 0.2) is 4.87 Å². The summed E-state index contributed by atoms with van der Waals surface area (Å²) >= 11 is 1.48. The average molecular weight is 354 g/mol. The molecule has 0 aliphatic rings. The summed E-state index contributed by atoms with van der Waals surface area (Å²) in [5.41, 5.74) is 2.72. The van der Waals surface area contributed by atoms with Gasteiger partial charge in [-0.3, -0.25) is 4.79 Å². The van der Waals surface area contributed by atoms with Crippen molar-refractivity contribution in [1.29, 1.82) is 0 Å². The molecule has 5 nitrogen and oxygen atoms in total. The number of rotatable bonds is 6. The Morgan fingerprint density at radius 3 is 2.52 bits per heavy atom. The first-order valence-electron chi connectivity index (χ1n) is 8.28. The molecule has 0 saturated carbocycles. The molecule has 1 N–H and O–H groups in total. The highest BCUT2D eigenvalue weighted by molar-refractivity contribution is 8.00. The number of benzene rings is 2. The summed E-state index contributed by atoms with van der Waals surface area (Å²) in [5, 5.41) is 11.7. The first-order valence-corrected chi connectivity index (χ1v) is 9.50. The van der Waals surface area contributed by atoms with Crippen LogP contribution in [0.3, 0.4) is 0 Å². The van der Waals surface area contributed by atoms with Crippen LogP contribution in [0.2, 0.25) is 0 Å². The van der Waals surface area contributed by atoms with E-state index in [2.05, 4.69) is 15.6 Å². The van der Waals surface area contributed by atoms with Gasteiger partial charge in [0, 0.05) is 12.5 Å². The van der Waals surface area contributed by atoms with Gasteiger partial charge in [-0.1, -0.05) is 47.7 Å². The summed E-state index contributed by atoms with van der Waals surface area (Å²) in [4.78, 5) is 12.3. The molecule has 1 amide bonds. The third kappa shape index (κ3) is 3.39. The number of nitrogens with zero attached hydrogens (tertiary/aromatic N) is 3. The zero-order valence-electron chi connectivity index (χ0n) is 14.6. The highest BCUT2D eigenvalue weighted by atomic mass is 32.2. The third-order valence-electron chi connectivity index (χ3n) is 4.09. The van der Waals surface area contributed by atoms with Crippen molar-refractivity contribution in [2.75, 3.05) is 6.26 Å². The van der Waals surface area contributed by atoms with Crippen LogP contribution in [0, 0.1) is 0 Å². The van der Waals surface area contributed by atoms with E-state index >= 15 is 0 Å². The molecule has 130 valence electrons. The predicted octanol–water partition coefficient (Wildman–Crippen LogP) is 3.21. The predicted molar refractivity (Wildman–Crippen MR) is 102 cm³/mol. The van der Waals surface area contributed by atoms with Crippen molar-refractivity contribution in [1.82, 2.24) is 20.3 Å². The number of carbonyl (C=O) groups excluding carboxylic acids is 1. The van der Waals surface area contributed by atoms with Crippen molar-refractivity contribution in [3.8, 4) is 0 Å². The van der Waals surface area contributed by atoms with E-state index in [4.69, 9.17) is 0 Å². The van der Waals surface area contributed by atoms with Gasteiger partial charge in [0.25, 0.3) is 5.91 Å². The highest BCUT2D eigenvalue weighted by Crippen LogP contribution is 2.35. The van der Waals surface area contributed by atoms with Gasteiger partial charge in [-0.2, -0.15) is 0 Å². The lowest BCUT2D eigenvalue weighted by Gasteiger charge is -2.32. The molecule has 0 spiro atoms. The number of thioether (sulfide) groups is 1. The van der Waals surface area contributed by atoms with Crippen molar-refractivity contribution in [2.24, 2.45) is 0 Å². The summed E-state index contributed by atoms with van der Waals surface area (Å²) in [7, 11) is 0. The van der Waals surface area contributed by atoms with Crippen LogP contribution in [-0.2, 0) is 16.1 Å². The molecule has 1 atom stereocenters.